The molecule has 0 saturated carbocycles. The van der Waals surface area contributed by atoms with E-state index in [-0.39, 0.29) is 0 Å². The number of hydrogen-bond acceptors (Lipinski definition) is 4. The number of anilines is 1. The van der Waals surface area contributed by atoms with Gasteiger partial charge in [-0.15, -0.1) is 5.10 Å². The lowest BCUT2D eigenvalue weighted by Gasteiger charge is -2.10. The van der Waals surface area contributed by atoms with E-state index in [1.165, 1.54) is 16.7 Å². The van der Waals surface area contributed by atoms with Crippen LogP contribution in [0.4, 0.5) is 5.69 Å². The molecule has 3 aromatic rings. The second-order valence-corrected chi connectivity index (χ2v) is 5.46. The number of tetrazole rings is 1. The van der Waals surface area contributed by atoms with Crippen molar-refractivity contribution in [3.63, 3.8) is 0 Å². The quantitative estimate of drug-likeness (QED) is 0.802. The minimum Gasteiger partial charge on any atom is -0.381 e. The fraction of sp³-hybridized carbons (Fsp3) is 0.235. The minimum atomic E-state index is 0.770. The molecule has 1 heterocycles. The molecule has 0 saturated heterocycles. The number of nitrogens with zero attached hydrogens (tertiary/aromatic N) is 4. The van der Waals surface area contributed by atoms with E-state index in [1.807, 2.05) is 31.2 Å². The predicted molar refractivity (Wildman–Crippen MR) is 87.1 cm³/mol. The van der Waals surface area contributed by atoms with E-state index >= 15 is 0 Å². The number of aromatic nitrogens is 4. The Morgan fingerprint density at radius 3 is 2.59 bits per heavy atom. The summed E-state index contributed by atoms with van der Waals surface area (Å²) in [6.07, 6.45) is 0. The largest absolute Gasteiger partial charge is 0.381 e. The Morgan fingerprint density at radius 2 is 1.86 bits per heavy atom. The lowest BCUT2D eigenvalue weighted by molar-refractivity contribution is 0.779. The second kappa shape index (κ2) is 5.97. The van der Waals surface area contributed by atoms with Gasteiger partial charge in [0.1, 0.15) is 0 Å². The molecule has 1 aromatic heterocycles. The van der Waals surface area contributed by atoms with Crippen LogP contribution in [0.2, 0.25) is 0 Å². The molecule has 0 aliphatic rings. The van der Waals surface area contributed by atoms with Crippen molar-refractivity contribution in [2.45, 2.75) is 27.3 Å². The Bertz CT molecular complexity index is 791. The van der Waals surface area contributed by atoms with Gasteiger partial charge in [-0.2, -0.15) is 4.68 Å². The minimum absolute atomic E-state index is 0.770. The summed E-state index contributed by atoms with van der Waals surface area (Å²) in [4.78, 5) is 0. The van der Waals surface area contributed by atoms with E-state index in [2.05, 4.69) is 52.9 Å². The highest BCUT2D eigenvalue weighted by molar-refractivity contribution is 5.51. The van der Waals surface area contributed by atoms with Gasteiger partial charge in [-0.25, -0.2) is 0 Å². The van der Waals surface area contributed by atoms with Crippen LogP contribution >= 0.6 is 0 Å². The van der Waals surface area contributed by atoms with Crippen LogP contribution in [-0.4, -0.2) is 20.2 Å². The summed E-state index contributed by atoms with van der Waals surface area (Å²) in [5, 5.41) is 15.0. The van der Waals surface area contributed by atoms with Crippen LogP contribution < -0.4 is 5.32 Å². The molecule has 1 N–H and O–H groups in total. The molecule has 0 fully saturated rings. The number of nitrogens with one attached hydrogen (secondary N) is 1. The van der Waals surface area contributed by atoms with Crippen LogP contribution in [0, 0.1) is 20.8 Å². The van der Waals surface area contributed by atoms with Crippen LogP contribution in [-0.2, 0) is 6.54 Å². The maximum Gasteiger partial charge on any atom is 0.153 e. The fourth-order valence-corrected chi connectivity index (χ4v) is 2.34. The molecule has 0 unspecified atom stereocenters. The van der Waals surface area contributed by atoms with E-state index in [4.69, 9.17) is 0 Å². The molecule has 0 atom stereocenters. The van der Waals surface area contributed by atoms with Gasteiger partial charge < -0.3 is 5.32 Å². The highest BCUT2D eigenvalue weighted by Crippen LogP contribution is 2.16. The van der Waals surface area contributed by atoms with Gasteiger partial charge in [0.05, 0.1) is 5.69 Å². The fourth-order valence-electron chi connectivity index (χ4n) is 2.34. The molecule has 0 radical (unpaired) electrons. The zero-order chi connectivity index (χ0) is 15.5. The smallest absolute Gasteiger partial charge is 0.153 e. The molecule has 5 heteroatoms. The number of hydrogen-bond donors (Lipinski definition) is 1. The molecule has 0 amide bonds. The van der Waals surface area contributed by atoms with E-state index in [0.29, 0.717) is 0 Å². The van der Waals surface area contributed by atoms with Crippen molar-refractivity contribution >= 4 is 5.69 Å². The highest BCUT2D eigenvalue weighted by atomic mass is 15.5. The molecule has 22 heavy (non-hydrogen) atoms. The van der Waals surface area contributed by atoms with Gasteiger partial charge in [-0.3, -0.25) is 0 Å². The molecule has 2 aromatic carbocycles. The van der Waals surface area contributed by atoms with Crippen molar-refractivity contribution in [1.82, 2.24) is 20.2 Å². The predicted octanol–water partition coefficient (Wildman–Crippen LogP) is 3.20. The summed E-state index contributed by atoms with van der Waals surface area (Å²) in [6, 6.07) is 14.6. The molecule has 0 aliphatic heterocycles. The van der Waals surface area contributed by atoms with E-state index in [1.54, 1.807) is 4.68 Å². The second-order valence-electron chi connectivity index (χ2n) is 5.46. The maximum atomic E-state index is 3.99. The van der Waals surface area contributed by atoms with Gasteiger partial charge in [0.15, 0.2) is 5.82 Å². The monoisotopic (exact) mass is 293 g/mol. The lowest BCUT2D eigenvalue weighted by Crippen LogP contribution is -2.03. The Labute approximate surface area is 130 Å². The summed E-state index contributed by atoms with van der Waals surface area (Å²) < 4.78 is 1.72. The zero-order valence-electron chi connectivity index (χ0n) is 13.0. The van der Waals surface area contributed by atoms with Gasteiger partial charge in [-0.1, -0.05) is 24.3 Å². The van der Waals surface area contributed by atoms with Crippen molar-refractivity contribution in [2.75, 3.05) is 5.32 Å². The average Bonchev–Trinajstić information content (AvgIpc) is 2.95. The third kappa shape index (κ3) is 2.98. The van der Waals surface area contributed by atoms with Crippen LogP contribution in [0.25, 0.3) is 5.69 Å². The van der Waals surface area contributed by atoms with Gasteiger partial charge in [0.2, 0.25) is 0 Å². The van der Waals surface area contributed by atoms with Gasteiger partial charge >= 0.3 is 0 Å². The average molecular weight is 293 g/mol. The Hall–Kier alpha value is -2.69. The highest BCUT2D eigenvalue weighted by Gasteiger charge is 2.04. The van der Waals surface area contributed by atoms with E-state index in [0.717, 1.165) is 23.7 Å². The Balaban J connectivity index is 1.76. The molecule has 0 spiro atoms. The number of rotatable bonds is 4. The van der Waals surface area contributed by atoms with Crippen LogP contribution in [0.5, 0.6) is 0 Å². The first-order chi connectivity index (χ1) is 10.6. The molecule has 5 nitrogen and oxygen atoms in total. The van der Waals surface area contributed by atoms with Crippen LogP contribution in [0.3, 0.4) is 0 Å². The molecular formula is C17H19N5. The summed E-state index contributed by atoms with van der Waals surface area (Å²) in [7, 11) is 0. The van der Waals surface area contributed by atoms with Crippen molar-refractivity contribution in [2.24, 2.45) is 0 Å². The zero-order valence-corrected chi connectivity index (χ0v) is 13.0. The lowest BCUT2D eigenvalue weighted by atomic mass is 10.1. The standard InChI is InChI=1S/C17H19N5/c1-12-7-8-15(9-13(12)2)11-18-16-5-4-6-17(10-16)22-14(3)19-20-21-22/h4-10,18H,11H2,1-3H3. The Kier molecular flexibility index (Phi) is 3.87. The normalized spacial score (nSPS) is 10.7. The summed E-state index contributed by atoms with van der Waals surface area (Å²) in [5.41, 5.74) is 5.91. The molecular weight excluding hydrogens is 274 g/mol. The molecule has 3 rings (SSSR count). The van der Waals surface area contributed by atoms with E-state index < -0.39 is 0 Å². The van der Waals surface area contributed by atoms with Crippen molar-refractivity contribution in [3.8, 4) is 5.69 Å². The summed E-state index contributed by atoms with van der Waals surface area (Å²) in [6.45, 7) is 6.94. The van der Waals surface area contributed by atoms with Gasteiger partial charge in [0.25, 0.3) is 0 Å². The summed E-state index contributed by atoms with van der Waals surface area (Å²) >= 11 is 0. The molecule has 112 valence electrons. The Morgan fingerprint density at radius 1 is 1.00 bits per heavy atom. The van der Waals surface area contributed by atoms with Gasteiger partial charge in [-0.05, 0) is 66.1 Å². The summed E-state index contributed by atoms with van der Waals surface area (Å²) in [5.74, 6) is 0.770. The third-order valence-electron chi connectivity index (χ3n) is 3.78. The van der Waals surface area contributed by atoms with Crippen LogP contribution in [0.1, 0.15) is 22.5 Å². The van der Waals surface area contributed by atoms with E-state index in [9.17, 15) is 0 Å². The van der Waals surface area contributed by atoms with Crippen LogP contribution in [0.15, 0.2) is 42.5 Å². The first-order valence-electron chi connectivity index (χ1n) is 7.29. The maximum absolute atomic E-state index is 3.99. The van der Waals surface area contributed by atoms with Crippen molar-refractivity contribution < 1.29 is 0 Å². The SMILES string of the molecule is Cc1ccc(CNc2cccc(-n3nnnc3C)c2)cc1C. The topological polar surface area (TPSA) is 55.6 Å². The number of benzene rings is 2. The third-order valence-corrected chi connectivity index (χ3v) is 3.78. The first kappa shape index (κ1) is 14.3. The molecule has 0 aliphatic carbocycles. The first-order valence-corrected chi connectivity index (χ1v) is 7.29. The molecule has 0 bridgehead atoms. The van der Waals surface area contributed by atoms with Gasteiger partial charge in [0, 0.05) is 12.2 Å². The van der Waals surface area contributed by atoms with Crippen molar-refractivity contribution in [1.29, 1.82) is 0 Å². The number of aryl methyl sites for hydroxylation is 3. The van der Waals surface area contributed by atoms with Crippen molar-refractivity contribution in [3.05, 3.63) is 65.0 Å².